The quantitative estimate of drug-likeness (QED) is 0.827. The molecule has 0 radical (unpaired) electrons. The highest BCUT2D eigenvalue weighted by atomic mass is 32.1. The summed E-state index contributed by atoms with van der Waals surface area (Å²) in [5.74, 6) is -0.561. The van der Waals surface area contributed by atoms with Crippen molar-refractivity contribution in [2.24, 2.45) is 5.73 Å². The zero-order chi connectivity index (χ0) is 13.8. The lowest BCUT2D eigenvalue weighted by Crippen LogP contribution is -2.27. The van der Waals surface area contributed by atoms with Gasteiger partial charge in [-0.15, -0.1) is 0 Å². The van der Waals surface area contributed by atoms with Crippen molar-refractivity contribution >= 4 is 23.1 Å². The SMILES string of the molecule is NC(=S)c1ccc(C(=O)NCCC(F)(F)F)cc1. The molecule has 3 N–H and O–H groups in total. The summed E-state index contributed by atoms with van der Waals surface area (Å²) in [5.41, 5.74) is 6.23. The molecule has 1 aromatic carbocycles. The third-order valence-corrected chi connectivity index (χ3v) is 2.36. The van der Waals surface area contributed by atoms with Crippen LogP contribution >= 0.6 is 12.2 Å². The fourth-order valence-corrected chi connectivity index (χ4v) is 1.34. The van der Waals surface area contributed by atoms with Gasteiger partial charge in [-0.3, -0.25) is 4.79 Å². The first kappa shape index (κ1) is 14.4. The van der Waals surface area contributed by atoms with E-state index in [0.717, 1.165) is 0 Å². The van der Waals surface area contributed by atoms with Crippen LogP contribution in [0.15, 0.2) is 24.3 Å². The summed E-state index contributed by atoms with van der Waals surface area (Å²) < 4.78 is 35.6. The fourth-order valence-electron chi connectivity index (χ4n) is 1.21. The number of nitrogens with one attached hydrogen (secondary N) is 1. The molecule has 0 aliphatic carbocycles. The molecule has 0 fully saturated rings. The number of carbonyl (C=O) groups is 1. The van der Waals surface area contributed by atoms with Gasteiger partial charge in [0, 0.05) is 17.7 Å². The lowest BCUT2D eigenvalue weighted by molar-refractivity contribution is -0.132. The molecule has 0 saturated carbocycles. The Morgan fingerprint density at radius 3 is 2.17 bits per heavy atom. The molecule has 1 rings (SSSR count). The van der Waals surface area contributed by atoms with Gasteiger partial charge in [-0.05, 0) is 12.1 Å². The number of amides is 1. The summed E-state index contributed by atoms with van der Waals surface area (Å²) in [6.45, 7) is -0.445. The minimum atomic E-state index is -4.27. The first-order valence-electron chi connectivity index (χ1n) is 5.04. The Morgan fingerprint density at radius 1 is 1.22 bits per heavy atom. The molecule has 1 aromatic rings. The maximum atomic E-state index is 11.9. The van der Waals surface area contributed by atoms with E-state index in [-0.39, 0.29) is 10.6 Å². The minimum absolute atomic E-state index is 0.194. The average molecular weight is 276 g/mol. The van der Waals surface area contributed by atoms with Gasteiger partial charge in [0.25, 0.3) is 5.91 Å². The number of alkyl halides is 3. The van der Waals surface area contributed by atoms with Crippen LogP contribution in [-0.4, -0.2) is 23.6 Å². The van der Waals surface area contributed by atoms with Crippen LogP contribution in [-0.2, 0) is 0 Å². The first-order valence-corrected chi connectivity index (χ1v) is 5.45. The van der Waals surface area contributed by atoms with Gasteiger partial charge in [-0.25, -0.2) is 0 Å². The second-order valence-electron chi connectivity index (χ2n) is 3.56. The summed E-state index contributed by atoms with van der Waals surface area (Å²) in [5, 5.41) is 2.18. The number of nitrogens with two attached hydrogens (primary N) is 1. The highest BCUT2D eigenvalue weighted by molar-refractivity contribution is 7.80. The Bertz CT molecular complexity index is 443. The van der Waals surface area contributed by atoms with Crippen LogP contribution in [0.5, 0.6) is 0 Å². The smallest absolute Gasteiger partial charge is 0.389 e. The number of thiocarbonyl (C=S) groups is 1. The number of hydrogen-bond donors (Lipinski definition) is 2. The molecule has 0 atom stereocenters. The van der Waals surface area contributed by atoms with E-state index in [0.29, 0.717) is 5.56 Å². The van der Waals surface area contributed by atoms with E-state index in [9.17, 15) is 18.0 Å². The molecule has 0 spiro atoms. The molecule has 7 heteroatoms. The molecule has 0 bridgehead atoms. The predicted octanol–water partition coefficient (Wildman–Crippen LogP) is 2.00. The highest BCUT2D eigenvalue weighted by Gasteiger charge is 2.26. The molecule has 18 heavy (non-hydrogen) atoms. The Labute approximate surface area is 107 Å². The molecule has 0 aliphatic heterocycles. The summed E-state index contributed by atoms with van der Waals surface area (Å²) in [6.07, 6.45) is -5.33. The summed E-state index contributed by atoms with van der Waals surface area (Å²) in [4.78, 5) is 11.7. The molecule has 1 amide bonds. The van der Waals surface area contributed by atoms with Gasteiger partial charge in [0.15, 0.2) is 0 Å². The Hall–Kier alpha value is -1.63. The summed E-state index contributed by atoms with van der Waals surface area (Å²) in [7, 11) is 0. The maximum Gasteiger partial charge on any atom is 0.390 e. The van der Waals surface area contributed by atoms with E-state index in [1.165, 1.54) is 12.1 Å². The lowest BCUT2D eigenvalue weighted by atomic mass is 10.1. The van der Waals surface area contributed by atoms with Crippen LogP contribution in [0.2, 0.25) is 0 Å². The molecular weight excluding hydrogens is 265 g/mol. The Kier molecular flexibility index (Phi) is 4.66. The van der Waals surface area contributed by atoms with Crippen molar-refractivity contribution in [1.82, 2.24) is 5.32 Å². The van der Waals surface area contributed by atoms with Crippen LogP contribution in [0.3, 0.4) is 0 Å². The van der Waals surface area contributed by atoms with Gasteiger partial charge >= 0.3 is 6.18 Å². The van der Waals surface area contributed by atoms with Crippen molar-refractivity contribution in [3.63, 3.8) is 0 Å². The number of rotatable bonds is 4. The average Bonchev–Trinajstić information content (AvgIpc) is 2.27. The van der Waals surface area contributed by atoms with Crippen molar-refractivity contribution in [3.05, 3.63) is 35.4 Å². The number of benzene rings is 1. The molecule has 98 valence electrons. The summed E-state index contributed by atoms with van der Waals surface area (Å²) in [6, 6.07) is 6.00. The van der Waals surface area contributed by atoms with E-state index >= 15 is 0 Å². The van der Waals surface area contributed by atoms with Crippen molar-refractivity contribution < 1.29 is 18.0 Å². The van der Waals surface area contributed by atoms with Gasteiger partial charge in [0.2, 0.25) is 0 Å². The van der Waals surface area contributed by atoms with Gasteiger partial charge in [-0.1, -0.05) is 24.4 Å². The summed E-state index contributed by atoms with van der Waals surface area (Å²) >= 11 is 4.73. The molecule has 3 nitrogen and oxygen atoms in total. The largest absolute Gasteiger partial charge is 0.390 e. The zero-order valence-corrected chi connectivity index (χ0v) is 10.1. The van der Waals surface area contributed by atoms with Gasteiger partial charge in [0.05, 0.1) is 6.42 Å². The van der Waals surface area contributed by atoms with Crippen LogP contribution < -0.4 is 11.1 Å². The van der Waals surface area contributed by atoms with Crippen molar-refractivity contribution in [2.45, 2.75) is 12.6 Å². The minimum Gasteiger partial charge on any atom is -0.389 e. The van der Waals surface area contributed by atoms with Crippen LogP contribution in [0.25, 0.3) is 0 Å². The number of carbonyl (C=O) groups excluding carboxylic acids is 1. The topological polar surface area (TPSA) is 55.1 Å². The normalized spacial score (nSPS) is 11.1. The third kappa shape index (κ3) is 4.70. The van der Waals surface area contributed by atoms with Crippen LogP contribution in [0, 0.1) is 0 Å². The maximum absolute atomic E-state index is 11.9. The van der Waals surface area contributed by atoms with E-state index < -0.39 is 25.0 Å². The highest BCUT2D eigenvalue weighted by Crippen LogP contribution is 2.18. The van der Waals surface area contributed by atoms with Gasteiger partial charge in [0.1, 0.15) is 4.99 Å². The van der Waals surface area contributed by atoms with Gasteiger partial charge in [-0.2, -0.15) is 13.2 Å². The Morgan fingerprint density at radius 2 is 1.72 bits per heavy atom. The van der Waals surface area contributed by atoms with E-state index in [1.54, 1.807) is 12.1 Å². The molecule has 0 saturated heterocycles. The van der Waals surface area contributed by atoms with Gasteiger partial charge < -0.3 is 11.1 Å². The Balaban J connectivity index is 2.54. The molecule has 0 aromatic heterocycles. The molecule has 0 heterocycles. The molecule has 0 aliphatic rings. The first-order chi connectivity index (χ1) is 8.29. The van der Waals surface area contributed by atoms with Crippen LogP contribution in [0.1, 0.15) is 22.3 Å². The van der Waals surface area contributed by atoms with E-state index in [2.05, 4.69) is 5.32 Å². The van der Waals surface area contributed by atoms with Crippen molar-refractivity contribution in [2.75, 3.05) is 6.54 Å². The fraction of sp³-hybridized carbons (Fsp3) is 0.273. The lowest BCUT2D eigenvalue weighted by Gasteiger charge is -2.08. The predicted molar refractivity (Wildman–Crippen MR) is 65.3 cm³/mol. The van der Waals surface area contributed by atoms with E-state index in [4.69, 9.17) is 18.0 Å². The number of hydrogen-bond acceptors (Lipinski definition) is 2. The monoisotopic (exact) mass is 276 g/mol. The zero-order valence-electron chi connectivity index (χ0n) is 9.25. The second kappa shape index (κ2) is 5.81. The standard InChI is InChI=1S/C11H11F3N2OS/c12-11(13,14)5-6-16-10(17)8-3-1-7(2-4-8)9(15)18/h1-4H,5-6H2,(H2,15,18)(H,16,17). The second-order valence-corrected chi connectivity index (χ2v) is 4.00. The van der Waals surface area contributed by atoms with Crippen molar-refractivity contribution in [1.29, 1.82) is 0 Å². The van der Waals surface area contributed by atoms with Crippen molar-refractivity contribution in [3.8, 4) is 0 Å². The third-order valence-electron chi connectivity index (χ3n) is 2.13. The number of halogens is 3. The molecular formula is C11H11F3N2OS. The van der Waals surface area contributed by atoms with Crippen LogP contribution in [0.4, 0.5) is 13.2 Å². The molecule has 0 unspecified atom stereocenters. The van der Waals surface area contributed by atoms with E-state index in [1.807, 2.05) is 0 Å².